The molecule has 1 aromatic rings. The molecule has 3 nitrogen and oxygen atoms in total. The number of aldehydes is 1. The highest BCUT2D eigenvalue weighted by Crippen LogP contribution is 2.22. The maximum atomic E-state index is 10.6. The van der Waals surface area contributed by atoms with Gasteiger partial charge in [-0.25, -0.2) is 0 Å². The number of carbonyl (C=O) groups excluding carboxylic acids is 1. The number of carbonyl (C=O) groups is 1. The van der Waals surface area contributed by atoms with Gasteiger partial charge in [0, 0.05) is 5.56 Å². The van der Waals surface area contributed by atoms with E-state index in [2.05, 4.69) is 0 Å². The van der Waals surface area contributed by atoms with Gasteiger partial charge < -0.3 is 5.73 Å². The van der Waals surface area contributed by atoms with Crippen LogP contribution >= 0.6 is 0 Å². The third-order valence-corrected chi connectivity index (χ3v) is 2.04. The minimum Gasteiger partial charge on any atom is -0.397 e. The highest BCUT2D eigenvalue weighted by atomic mass is 16.1. The summed E-state index contributed by atoms with van der Waals surface area (Å²) in [4.78, 5) is 10.6. The molecule has 0 aliphatic rings. The average molecular weight is 174 g/mol. The van der Waals surface area contributed by atoms with Crippen LogP contribution in [-0.4, -0.2) is 6.29 Å². The molecule has 13 heavy (non-hydrogen) atoms. The number of rotatable bonds is 1. The van der Waals surface area contributed by atoms with E-state index in [4.69, 9.17) is 11.0 Å². The Balaban J connectivity index is 3.60. The summed E-state index contributed by atoms with van der Waals surface area (Å²) in [5, 5.41) is 8.76. The normalized spacial score (nSPS) is 9.31. The molecule has 0 radical (unpaired) electrons. The number of hydrogen-bond donors (Lipinski definition) is 1. The van der Waals surface area contributed by atoms with E-state index in [9.17, 15) is 4.79 Å². The Morgan fingerprint density at radius 1 is 1.46 bits per heavy atom. The van der Waals surface area contributed by atoms with E-state index in [0.29, 0.717) is 17.4 Å². The summed E-state index contributed by atoms with van der Waals surface area (Å²) in [7, 11) is 0. The Labute approximate surface area is 76.8 Å². The lowest BCUT2D eigenvalue weighted by molar-refractivity contribution is 0.112. The molecule has 0 saturated carbocycles. The van der Waals surface area contributed by atoms with Crippen molar-refractivity contribution in [3.63, 3.8) is 0 Å². The smallest absolute Gasteiger partial charge is 0.152 e. The minimum absolute atomic E-state index is 0.287. The van der Waals surface area contributed by atoms with E-state index in [0.717, 1.165) is 11.1 Å². The van der Waals surface area contributed by atoms with E-state index < -0.39 is 0 Å². The summed E-state index contributed by atoms with van der Waals surface area (Å²) in [5.41, 5.74) is 8.37. The third kappa shape index (κ3) is 1.38. The van der Waals surface area contributed by atoms with Crippen LogP contribution in [0.2, 0.25) is 0 Å². The predicted molar refractivity (Wildman–Crippen MR) is 50.4 cm³/mol. The second kappa shape index (κ2) is 3.28. The lowest BCUT2D eigenvalue weighted by atomic mass is 9.99. The number of anilines is 1. The number of hydrogen-bond acceptors (Lipinski definition) is 3. The maximum absolute atomic E-state index is 10.6. The van der Waals surface area contributed by atoms with Gasteiger partial charge in [0.1, 0.15) is 6.07 Å². The van der Waals surface area contributed by atoms with Gasteiger partial charge in [-0.1, -0.05) is 6.07 Å². The molecule has 2 N–H and O–H groups in total. The molecule has 0 fully saturated rings. The Morgan fingerprint density at radius 2 is 2.08 bits per heavy atom. The molecular weight excluding hydrogens is 164 g/mol. The van der Waals surface area contributed by atoms with E-state index in [1.54, 1.807) is 19.9 Å². The third-order valence-electron chi connectivity index (χ3n) is 2.04. The van der Waals surface area contributed by atoms with Crippen molar-refractivity contribution in [3.05, 3.63) is 28.3 Å². The molecule has 0 aliphatic heterocycles. The highest BCUT2D eigenvalue weighted by Gasteiger charge is 2.10. The molecule has 0 bridgehead atoms. The average Bonchev–Trinajstić information content (AvgIpc) is 2.04. The zero-order valence-electron chi connectivity index (χ0n) is 7.59. The van der Waals surface area contributed by atoms with Gasteiger partial charge >= 0.3 is 0 Å². The van der Waals surface area contributed by atoms with Crippen LogP contribution in [0.3, 0.4) is 0 Å². The van der Waals surface area contributed by atoms with Crippen LogP contribution in [0.15, 0.2) is 6.07 Å². The van der Waals surface area contributed by atoms with Gasteiger partial charge in [0.25, 0.3) is 0 Å². The first-order valence-electron chi connectivity index (χ1n) is 3.86. The fraction of sp³-hybridized carbons (Fsp3) is 0.200. The minimum atomic E-state index is 0.287. The Hall–Kier alpha value is -1.82. The maximum Gasteiger partial charge on any atom is 0.152 e. The van der Waals surface area contributed by atoms with Gasteiger partial charge in [-0.05, 0) is 25.0 Å². The summed E-state index contributed by atoms with van der Waals surface area (Å²) >= 11 is 0. The Bertz CT molecular complexity index is 402. The number of nitriles is 1. The number of nitrogen functional groups attached to an aromatic ring is 1. The number of benzene rings is 1. The lowest BCUT2D eigenvalue weighted by Gasteiger charge is -2.07. The molecule has 0 spiro atoms. The van der Waals surface area contributed by atoms with Crippen LogP contribution in [0.1, 0.15) is 27.0 Å². The van der Waals surface area contributed by atoms with Gasteiger partial charge in [0.15, 0.2) is 6.29 Å². The fourth-order valence-corrected chi connectivity index (χ4v) is 1.34. The van der Waals surface area contributed by atoms with Crippen molar-refractivity contribution in [1.29, 1.82) is 5.26 Å². The number of nitrogens with two attached hydrogens (primary N) is 1. The Morgan fingerprint density at radius 3 is 2.54 bits per heavy atom. The van der Waals surface area contributed by atoms with Crippen LogP contribution in [0.5, 0.6) is 0 Å². The second-order valence-electron chi connectivity index (χ2n) is 2.94. The van der Waals surface area contributed by atoms with E-state index in [1.165, 1.54) is 0 Å². The lowest BCUT2D eigenvalue weighted by Crippen LogP contribution is -2.01. The van der Waals surface area contributed by atoms with Crippen LogP contribution in [-0.2, 0) is 0 Å². The molecule has 0 unspecified atom stereocenters. The monoisotopic (exact) mass is 174 g/mol. The van der Waals surface area contributed by atoms with Crippen LogP contribution in [0.25, 0.3) is 0 Å². The van der Waals surface area contributed by atoms with Crippen molar-refractivity contribution in [2.45, 2.75) is 13.8 Å². The Kier molecular flexibility index (Phi) is 2.34. The standard InChI is InChI=1S/C10H10N2O/c1-6-3-7(2)9(5-13)10(12)8(6)4-11/h3,5H,12H2,1-2H3. The zero-order valence-corrected chi connectivity index (χ0v) is 7.59. The highest BCUT2D eigenvalue weighted by molar-refractivity contribution is 5.88. The molecular formula is C10H10N2O. The largest absolute Gasteiger partial charge is 0.397 e. The van der Waals surface area contributed by atoms with Crippen LogP contribution in [0, 0.1) is 25.2 Å². The fourth-order valence-electron chi connectivity index (χ4n) is 1.34. The van der Waals surface area contributed by atoms with Crippen molar-refractivity contribution in [1.82, 2.24) is 0 Å². The molecule has 0 atom stereocenters. The van der Waals surface area contributed by atoms with Gasteiger partial charge in [-0.2, -0.15) is 5.26 Å². The first kappa shape index (κ1) is 9.27. The van der Waals surface area contributed by atoms with Gasteiger partial charge in [-0.15, -0.1) is 0 Å². The van der Waals surface area contributed by atoms with Crippen molar-refractivity contribution < 1.29 is 4.79 Å². The molecule has 0 heterocycles. The number of aryl methyl sites for hydroxylation is 2. The van der Waals surface area contributed by atoms with E-state index >= 15 is 0 Å². The van der Waals surface area contributed by atoms with Gasteiger partial charge in [-0.3, -0.25) is 4.79 Å². The molecule has 0 aliphatic carbocycles. The summed E-state index contributed by atoms with van der Waals surface area (Å²) < 4.78 is 0. The van der Waals surface area contributed by atoms with Crippen LogP contribution in [0.4, 0.5) is 5.69 Å². The van der Waals surface area contributed by atoms with Crippen LogP contribution < -0.4 is 5.73 Å². The molecule has 0 saturated heterocycles. The summed E-state index contributed by atoms with van der Waals surface area (Å²) in [5.74, 6) is 0. The summed E-state index contributed by atoms with van der Waals surface area (Å²) in [6.07, 6.45) is 0.685. The zero-order chi connectivity index (χ0) is 10.0. The molecule has 0 amide bonds. The molecule has 1 rings (SSSR count). The SMILES string of the molecule is Cc1cc(C)c(C=O)c(N)c1C#N. The molecule has 0 aromatic heterocycles. The van der Waals surface area contributed by atoms with Crippen molar-refractivity contribution in [2.75, 3.05) is 5.73 Å². The van der Waals surface area contributed by atoms with E-state index in [-0.39, 0.29) is 5.69 Å². The first-order valence-corrected chi connectivity index (χ1v) is 3.86. The molecule has 1 aromatic carbocycles. The number of nitrogens with zero attached hydrogens (tertiary/aromatic N) is 1. The van der Waals surface area contributed by atoms with Gasteiger partial charge in [0.05, 0.1) is 11.3 Å². The first-order chi connectivity index (χ1) is 6.11. The topological polar surface area (TPSA) is 66.9 Å². The van der Waals surface area contributed by atoms with Crippen molar-refractivity contribution in [3.8, 4) is 6.07 Å². The molecule has 3 heteroatoms. The predicted octanol–water partition coefficient (Wildman–Crippen LogP) is 1.57. The summed E-state index contributed by atoms with van der Waals surface area (Å²) in [6, 6.07) is 3.77. The van der Waals surface area contributed by atoms with Crippen molar-refractivity contribution >= 4 is 12.0 Å². The summed E-state index contributed by atoms with van der Waals surface area (Å²) in [6.45, 7) is 3.60. The van der Waals surface area contributed by atoms with E-state index in [1.807, 2.05) is 6.07 Å². The van der Waals surface area contributed by atoms with Gasteiger partial charge in [0.2, 0.25) is 0 Å². The second-order valence-corrected chi connectivity index (χ2v) is 2.94. The molecule has 66 valence electrons. The quantitative estimate of drug-likeness (QED) is 0.519. The van der Waals surface area contributed by atoms with Crippen molar-refractivity contribution in [2.24, 2.45) is 0 Å².